The molecule has 0 fully saturated rings. The van der Waals surface area contributed by atoms with Gasteiger partial charge in [-0.15, -0.1) is 0 Å². The summed E-state index contributed by atoms with van der Waals surface area (Å²) in [6, 6.07) is 22.8. The minimum Gasteiger partial charge on any atom is -0.494 e. The minimum atomic E-state index is -0.479. The van der Waals surface area contributed by atoms with E-state index in [1.54, 1.807) is 19.2 Å². The van der Waals surface area contributed by atoms with Crippen molar-refractivity contribution in [3.8, 4) is 39.6 Å². The van der Waals surface area contributed by atoms with Gasteiger partial charge >= 0.3 is 0 Å². The molecule has 0 spiro atoms. The number of ether oxygens (including phenoxy) is 2. The highest BCUT2D eigenvalue weighted by Crippen LogP contribution is 2.38. The molecule has 0 aliphatic rings. The quantitative estimate of drug-likeness (QED) is 0.469. The average molecular weight is 402 g/mol. The van der Waals surface area contributed by atoms with Crippen molar-refractivity contribution >= 4 is 0 Å². The predicted octanol–water partition coefficient (Wildman–Crippen LogP) is 5.05. The van der Waals surface area contributed by atoms with Crippen LogP contribution in [-0.2, 0) is 7.05 Å². The highest BCUT2D eigenvalue weighted by atomic mass is 19.1. The lowest BCUT2D eigenvalue weighted by Crippen LogP contribution is -2.19. The number of aromatic nitrogens is 2. The molecule has 0 unspecified atom stereocenters. The number of aryl methyl sites for hydroxylation is 1. The van der Waals surface area contributed by atoms with Crippen LogP contribution in [0.5, 0.6) is 17.2 Å². The van der Waals surface area contributed by atoms with Crippen molar-refractivity contribution < 1.29 is 13.9 Å². The maximum Gasteiger partial charge on any atom is 0.267 e. The third-order valence-corrected chi connectivity index (χ3v) is 4.67. The summed E-state index contributed by atoms with van der Waals surface area (Å²) in [4.78, 5) is 12.4. The van der Waals surface area contributed by atoms with E-state index in [9.17, 15) is 9.18 Å². The van der Waals surface area contributed by atoms with Gasteiger partial charge in [-0.1, -0.05) is 36.4 Å². The van der Waals surface area contributed by atoms with Gasteiger partial charge in [0.05, 0.1) is 7.11 Å². The van der Waals surface area contributed by atoms with Crippen molar-refractivity contribution in [2.24, 2.45) is 7.05 Å². The van der Waals surface area contributed by atoms with Crippen LogP contribution in [0.2, 0.25) is 0 Å². The number of rotatable bonds is 5. The van der Waals surface area contributed by atoms with Crippen LogP contribution in [-0.4, -0.2) is 16.9 Å². The lowest BCUT2D eigenvalue weighted by molar-refractivity contribution is 0.387. The predicted molar refractivity (Wildman–Crippen MR) is 113 cm³/mol. The molecule has 3 aromatic carbocycles. The van der Waals surface area contributed by atoms with Gasteiger partial charge in [-0.2, -0.15) is 5.10 Å². The SMILES string of the molecule is COc1cc(-c2cc(=O)n(C)nc2-c2ccccc2Oc2ccccc2)ccc1F. The van der Waals surface area contributed by atoms with Gasteiger partial charge in [0.15, 0.2) is 11.6 Å². The normalized spacial score (nSPS) is 10.6. The first-order valence-corrected chi connectivity index (χ1v) is 9.31. The van der Waals surface area contributed by atoms with Gasteiger partial charge in [0.25, 0.3) is 5.56 Å². The molecule has 4 aromatic rings. The number of hydrogen-bond acceptors (Lipinski definition) is 4. The number of hydrogen-bond donors (Lipinski definition) is 0. The van der Waals surface area contributed by atoms with Crippen LogP contribution in [0, 0.1) is 5.82 Å². The largest absolute Gasteiger partial charge is 0.494 e. The summed E-state index contributed by atoms with van der Waals surface area (Å²) in [7, 11) is 2.98. The van der Waals surface area contributed by atoms with Crippen molar-refractivity contribution in [1.29, 1.82) is 0 Å². The van der Waals surface area contributed by atoms with Crippen LogP contribution in [0.1, 0.15) is 0 Å². The molecule has 0 N–H and O–H groups in total. The number of para-hydroxylation sites is 2. The second-order valence-electron chi connectivity index (χ2n) is 6.63. The van der Waals surface area contributed by atoms with E-state index in [4.69, 9.17) is 9.47 Å². The van der Waals surface area contributed by atoms with Crippen LogP contribution >= 0.6 is 0 Å². The summed E-state index contributed by atoms with van der Waals surface area (Å²) >= 11 is 0. The van der Waals surface area contributed by atoms with E-state index in [0.717, 1.165) is 0 Å². The highest BCUT2D eigenvalue weighted by Gasteiger charge is 2.17. The molecule has 150 valence electrons. The minimum absolute atomic E-state index is 0.0907. The van der Waals surface area contributed by atoms with E-state index in [1.807, 2.05) is 54.6 Å². The summed E-state index contributed by atoms with van der Waals surface area (Å²) in [5.41, 5.74) is 2.13. The van der Waals surface area contributed by atoms with Gasteiger partial charge in [-0.25, -0.2) is 9.07 Å². The van der Waals surface area contributed by atoms with Crippen LogP contribution in [0.25, 0.3) is 22.4 Å². The first-order chi connectivity index (χ1) is 14.6. The third kappa shape index (κ3) is 3.80. The van der Waals surface area contributed by atoms with Crippen LogP contribution in [0.4, 0.5) is 4.39 Å². The maximum absolute atomic E-state index is 13.9. The van der Waals surface area contributed by atoms with Crippen molar-refractivity contribution in [1.82, 2.24) is 9.78 Å². The van der Waals surface area contributed by atoms with Crippen molar-refractivity contribution in [2.75, 3.05) is 7.11 Å². The Kier molecular flexibility index (Phi) is 5.30. The van der Waals surface area contributed by atoms with E-state index in [2.05, 4.69) is 5.10 Å². The maximum atomic E-state index is 13.9. The smallest absolute Gasteiger partial charge is 0.267 e. The molecule has 1 heterocycles. The fourth-order valence-electron chi connectivity index (χ4n) is 3.15. The molecule has 5 nitrogen and oxygen atoms in total. The standard InChI is InChI=1S/C24H19FN2O3/c1-27-23(28)15-19(16-12-13-20(25)22(14-16)29-2)24(26-27)18-10-6-7-11-21(18)30-17-8-4-3-5-9-17/h3-15H,1-2H3. The topological polar surface area (TPSA) is 53.4 Å². The number of halogens is 1. The second-order valence-corrected chi connectivity index (χ2v) is 6.63. The Bertz CT molecular complexity index is 1250. The van der Waals surface area contributed by atoms with E-state index in [1.165, 1.54) is 23.9 Å². The van der Waals surface area contributed by atoms with Gasteiger partial charge in [0, 0.05) is 24.2 Å². The molecule has 0 bridgehead atoms. The molecule has 0 radical (unpaired) electrons. The molecule has 30 heavy (non-hydrogen) atoms. The average Bonchev–Trinajstić information content (AvgIpc) is 2.77. The lowest BCUT2D eigenvalue weighted by atomic mass is 9.99. The molecule has 0 saturated carbocycles. The van der Waals surface area contributed by atoms with Crippen molar-refractivity contribution in [3.63, 3.8) is 0 Å². The summed E-state index contributed by atoms with van der Waals surface area (Å²) < 4.78 is 26.4. The molecule has 0 aliphatic heterocycles. The summed E-state index contributed by atoms with van der Waals surface area (Å²) in [5.74, 6) is 0.880. The zero-order valence-corrected chi connectivity index (χ0v) is 16.5. The molecule has 0 saturated heterocycles. The van der Waals surface area contributed by atoms with Gasteiger partial charge in [-0.3, -0.25) is 4.79 Å². The van der Waals surface area contributed by atoms with Crippen LogP contribution < -0.4 is 15.0 Å². The Morgan fingerprint density at radius 3 is 2.37 bits per heavy atom. The number of methoxy groups -OCH3 is 1. The molecule has 6 heteroatoms. The van der Waals surface area contributed by atoms with Crippen LogP contribution in [0.15, 0.2) is 83.7 Å². The van der Waals surface area contributed by atoms with Gasteiger partial charge in [0.2, 0.25) is 0 Å². The second kappa shape index (κ2) is 8.21. The van der Waals surface area contributed by atoms with Crippen molar-refractivity contribution in [3.05, 3.63) is 95.0 Å². The van der Waals surface area contributed by atoms with E-state index in [0.29, 0.717) is 33.9 Å². The molecule has 1 aromatic heterocycles. The zero-order valence-electron chi connectivity index (χ0n) is 16.5. The molecule has 4 rings (SSSR count). The summed E-state index contributed by atoms with van der Waals surface area (Å²) in [6.07, 6.45) is 0. The van der Waals surface area contributed by atoms with E-state index >= 15 is 0 Å². The Hall–Kier alpha value is -3.93. The Labute approximate surface area is 173 Å². The first-order valence-electron chi connectivity index (χ1n) is 9.31. The number of nitrogens with zero attached hydrogens (tertiary/aromatic N) is 2. The zero-order chi connectivity index (χ0) is 21.1. The van der Waals surface area contributed by atoms with Gasteiger partial charge < -0.3 is 9.47 Å². The monoisotopic (exact) mass is 402 g/mol. The summed E-state index contributed by atoms with van der Waals surface area (Å²) in [5, 5.41) is 4.49. The Morgan fingerprint density at radius 2 is 1.60 bits per heavy atom. The fourth-order valence-corrected chi connectivity index (χ4v) is 3.15. The van der Waals surface area contributed by atoms with E-state index in [-0.39, 0.29) is 11.3 Å². The Morgan fingerprint density at radius 1 is 0.867 bits per heavy atom. The molecular formula is C24H19FN2O3. The molecular weight excluding hydrogens is 383 g/mol. The fraction of sp³-hybridized carbons (Fsp3) is 0.0833. The third-order valence-electron chi connectivity index (χ3n) is 4.67. The van der Waals surface area contributed by atoms with Gasteiger partial charge in [0.1, 0.15) is 17.2 Å². The van der Waals surface area contributed by atoms with E-state index < -0.39 is 5.82 Å². The highest BCUT2D eigenvalue weighted by molar-refractivity contribution is 5.83. The molecule has 0 aliphatic carbocycles. The van der Waals surface area contributed by atoms with Crippen LogP contribution in [0.3, 0.4) is 0 Å². The van der Waals surface area contributed by atoms with Crippen molar-refractivity contribution in [2.45, 2.75) is 0 Å². The molecule has 0 atom stereocenters. The van der Waals surface area contributed by atoms with Gasteiger partial charge in [-0.05, 0) is 42.0 Å². The molecule has 0 amide bonds. The Balaban J connectivity index is 1.90. The first kappa shape index (κ1) is 19.4. The number of benzene rings is 3. The lowest BCUT2D eigenvalue weighted by Gasteiger charge is -2.15. The summed E-state index contributed by atoms with van der Waals surface area (Å²) in [6.45, 7) is 0.